The largest absolute Gasteiger partial charge is 1.00 e. The zero-order valence-electron chi connectivity index (χ0n) is 3.83. The SMILES string of the molecule is [Br][Pt-2]([Br])([Br])[Br].[Na+].[Na+]. The third-order valence-electron chi connectivity index (χ3n) is 0. The monoisotopic (exact) mass is 557 g/mol. The molecule has 0 aliphatic rings. The summed E-state index contributed by atoms with van der Waals surface area (Å²) >= 11 is 13.2. The molecule has 0 saturated carbocycles. The van der Waals surface area contributed by atoms with Gasteiger partial charge in [-0.2, -0.15) is 0 Å². The van der Waals surface area contributed by atoms with Gasteiger partial charge in [-0.3, -0.25) is 0 Å². The quantitative estimate of drug-likeness (QED) is 0.285. The van der Waals surface area contributed by atoms with Crippen LogP contribution in [0.4, 0.5) is 0 Å². The number of hydrogen-bond donors (Lipinski definition) is 0. The Morgan fingerprint density at radius 2 is 0.714 bits per heavy atom. The molecule has 0 unspecified atom stereocenters. The molecule has 0 aromatic heterocycles. The molecule has 0 aliphatic heterocycles. The first-order valence-electron chi connectivity index (χ1n) is 0.478. The number of hydrogen-bond acceptors (Lipinski definition) is 0. The Balaban J connectivity index is -0.0000000800. The molecule has 0 atom stereocenters. The van der Waals surface area contributed by atoms with E-state index >= 15 is 0 Å². The van der Waals surface area contributed by atoms with E-state index in [1.54, 1.807) is 0 Å². The predicted octanol–water partition coefficient (Wildman–Crippen LogP) is -2.61. The Morgan fingerprint density at radius 3 is 0.714 bits per heavy atom. The van der Waals surface area contributed by atoms with E-state index in [-0.39, 0.29) is 59.1 Å². The minimum atomic E-state index is -1.69. The van der Waals surface area contributed by atoms with Crippen LogP contribution in [0, 0.1) is 0 Å². The summed E-state index contributed by atoms with van der Waals surface area (Å²) in [6.45, 7) is 0. The van der Waals surface area contributed by atoms with Crippen LogP contribution < -0.4 is 59.1 Å². The first-order chi connectivity index (χ1) is 2.00. The average Bonchev–Trinajstić information content (AvgIpc) is 0.722. The second-order valence-electron chi connectivity index (χ2n) is 0.271. The summed E-state index contributed by atoms with van der Waals surface area (Å²) in [7, 11) is -1.69. The topological polar surface area (TPSA) is 0 Å². The zero-order valence-corrected chi connectivity index (χ0v) is 16.4. The molecule has 0 heterocycles. The maximum absolute atomic E-state index is 3.31. The van der Waals surface area contributed by atoms with Gasteiger partial charge in [0.25, 0.3) is 0 Å². The first-order valence-corrected chi connectivity index (χ1v) is 20.3. The van der Waals surface area contributed by atoms with Crippen molar-refractivity contribution in [2.45, 2.75) is 0 Å². The molecule has 7 heteroatoms. The fraction of sp³-hybridized carbons (Fsp3) is 0. The smallest absolute Gasteiger partial charge is 1.00 e. The van der Waals surface area contributed by atoms with Crippen molar-refractivity contribution in [3.05, 3.63) is 0 Å². The van der Waals surface area contributed by atoms with Gasteiger partial charge in [-0.15, -0.1) is 0 Å². The van der Waals surface area contributed by atoms with Crippen LogP contribution in [0.3, 0.4) is 0 Å². The molecule has 0 fully saturated rings. The Labute approximate surface area is 117 Å². The molecule has 7 heavy (non-hydrogen) atoms. The summed E-state index contributed by atoms with van der Waals surface area (Å²) in [6.07, 6.45) is 0. The summed E-state index contributed by atoms with van der Waals surface area (Å²) < 4.78 is 0. The normalized spacial score (nSPS) is 10.9. The van der Waals surface area contributed by atoms with E-state index in [4.69, 9.17) is 0 Å². The van der Waals surface area contributed by atoms with E-state index in [1.165, 1.54) is 0 Å². The third kappa shape index (κ3) is 37.0. The summed E-state index contributed by atoms with van der Waals surface area (Å²) in [5.41, 5.74) is 0. The van der Waals surface area contributed by atoms with Crippen molar-refractivity contribution in [2.24, 2.45) is 0 Å². The molecule has 40 valence electrons. The van der Waals surface area contributed by atoms with Gasteiger partial charge in [0.15, 0.2) is 0 Å². The minimum absolute atomic E-state index is 0. The Bertz CT molecular complexity index is 25.2. The second-order valence-corrected chi connectivity index (χ2v) is 59.9. The minimum Gasteiger partial charge on any atom is 1.00 e. The van der Waals surface area contributed by atoms with Crippen molar-refractivity contribution in [3.8, 4) is 0 Å². The van der Waals surface area contributed by atoms with Gasteiger partial charge < -0.3 is 0 Å². The van der Waals surface area contributed by atoms with Gasteiger partial charge in [-0.05, 0) is 0 Å². The maximum atomic E-state index is 3.31. The van der Waals surface area contributed by atoms with Crippen molar-refractivity contribution < 1.29 is 66.9 Å². The number of rotatable bonds is 0. The summed E-state index contributed by atoms with van der Waals surface area (Å²) in [6, 6.07) is 0. The van der Waals surface area contributed by atoms with Crippen molar-refractivity contribution in [1.82, 2.24) is 0 Å². The third-order valence-corrected chi connectivity index (χ3v) is 0. The van der Waals surface area contributed by atoms with E-state index in [9.17, 15) is 0 Å². The molecule has 0 saturated heterocycles. The molecule has 0 nitrogen and oxygen atoms in total. The molecule has 0 rings (SSSR count). The zero-order chi connectivity index (χ0) is 4.50. The summed E-state index contributed by atoms with van der Waals surface area (Å²) in [4.78, 5) is 0. The van der Waals surface area contributed by atoms with Gasteiger partial charge in [0.1, 0.15) is 0 Å². The van der Waals surface area contributed by atoms with Crippen LogP contribution in [0.5, 0.6) is 0 Å². The van der Waals surface area contributed by atoms with E-state index in [0.29, 0.717) is 0 Å². The van der Waals surface area contributed by atoms with Crippen molar-refractivity contribution in [2.75, 3.05) is 0 Å². The molecular weight excluding hydrogens is 561 g/mol. The van der Waals surface area contributed by atoms with Crippen LogP contribution in [0.2, 0.25) is 0 Å². The van der Waals surface area contributed by atoms with Crippen molar-refractivity contribution in [3.63, 3.8) is 0 Å². The van der Waals surface area contributed by atoms with Crippen LogP contribution in [-0.4, -0.2) is 0 Å². The Hall–Kier alpha value is 4.61. The fourth-order valence-corrected chi connectivity index (χ4v) is 0. The molecular formula is Br4Na2Pt. The molecule has 0 aliphatic carbocycles. The molecule has 0 radical (unpaired) electrons. The molecule has 0 N–H and O–H groups in total. The Morgan fingerprint density at radius 1 is 0.714 bits per heavy atom. The fourth-order valence-electron chi connectivity index (χ4n) is 0. The van der Waals surface area contributed by atoms with Gasteiger partial charge in [-0.25, -0.2) is 0 Å². The Kier molecular flexibility index (Phi) is 21.9. The van der Waals surface area contributed by atoms with E-state index in [1.807, 2.05) is 0 Å². The van der Waals surface area contributed by atoms with Crippen molar-refractivity contribution in [1.29, 1.82) is 0 Å². The predicted molar refractivity (Wildman–Crippen MR) is 35.7 cm³/mol. The van der Waals surface area contributed by atoms with Crippen LogP contribution >= 0.6 is 53.2 Å². The molecule has 0 amide bonds. The molecule has 0 bridgehead atoms. The van der Waals surface area contributed by atoms with Gasteiger partial charge in [-0.1, -0.05) is 0 Å². The molecule has 0 spiro atoms. The average molecular weight is 561 g/mol. The van der Waals surface area contributed by atoms with Gasteiger partial charge >= 0.3 is 120 Å². The second kappa shape index (κ2) is 8.70. The van der Waals surface area contributed by atoms with Crippen LogP contribution in [0.25, 0.3) is 0 Å². The standard InChI is InChI=1S/4BrH.2Na.Pt/h4*1H;;;/q;;;;2*+1;+2/p-4. The molecule has 0 aromatic rings. The molecule has 0 aromatic carbocycles. The van der Waals surface area contributed by atoms with E-state index in [0.717, 1.165) is 0 Å². The van der Waals surface area contributed by atoms with Crippen LogP contribution in [-0.2, 0) is 7.84 Å². The van der Waals surface area contributed by atoms with E-state index < -0.39 is 7.84 Å². The number of halogens is 4. The van der Waals surface area contributed by atoms with Gasteiger partial charge in [0.05, 0.1) is 0 Å². The summed E-state index contributed by atoms with van der Waals surface area (Å²) in [5.74, 6) is 0. The van der Waals surface area contributed by atoms with Gasteiger partial charge in [0.2, 0.25) is 0 Å². The van der Waals surface area contributed by atoms with E-state index in [2.05, 4.69) is 53.2 Å². The maximum Gasteiger partial charge on any atom is 1.00 e. The van der Waals surface area contributed by atoms with Gasteiger partial charge in [0, 0.05) is 0 Å². The van der Waals surface area contributed by atoms with Crippen LogP contribution in [0.15, 0.2) is 0 Å². The summed E-state index contributed by atoms with van der Waals surface area (Å²) in [5, 5.41) is 0. The van der Waals surface area contributed by atoms with Crippen LogP contribution in [0.1, 0.15) is 0 Å². The van der Waals surface area contributed by atoms with Crippen molar-refractivity contribution >= 4 is 53.2 Å². The first kappa shape index (κ1) is 17.6.